The Morgan fingerprint density at radius 1 is 0.909 bits per heavy atom. The molecule has 0 radical (unpaired) electrons. The average Bonchev–Trinajstić information content (AvgIpc) is 2.55. The molecule has 3 aromatic rings. The summed E-state index contributed by atoms with van der Waals surface area (Å²) in [6.07, 6.45) is 0. The molecule has 2 heterocycles. The number of pyridine rings is 1. The lowest BCUT2D eigenvalue weighted by molar-refractivity contribution is 0.397. The summed E-state index contributed by atoms with van der Waals surface area (Å²) in [4.78, 5) is 13.1. The van der Waals surface area contributed by atoms with E-state index in [1.807, 2.05) is 25.1 Å². The summed E-state index contributed by atoms with van der Waals surface area (Å²) in [6.45, 7) is 1.89. The summed E-state index contributed by atoms with van der Waals surface area (Å²) < 4.78 is 19.2. The summed E-state index contributed by atoms with van der Waals surface area (Å²) in [5, 5.41) is 0. The minimum Gasteiger partial charge on any atom is -0.481 e. The Hall–Kier alpha value is -2.82. The van der Waals surface area contributed by atoms with Crippen molar-refractivity contribution >= 4 is 0 Å². The lowest BCUT2D eigenvalue weighted by atomic mass is 10.1. The van der Waals surface area contributed by atoms with Crippen molar-refractivity contribution in [2.45, 2.75) is 6.92 Å². The van der Waals surface area contributed by atoms with E-state index in [4.69, 9.17) is 4.74 Å². The van der Waals surface area contributed by atoms with Crippen LogP contribution in [-0.4, -0.2) is 22.1 Å². The fourth-order valence-electron chi connectivity index (χ4n) is 2.12. The molecule has 4 nitrogen and oxygen atoms in total. The first kappa shape index (κ1) is 14.1. The van der Waals surface area contributed by atoms with Crippen molar-refractivity contribution in [3.63, 3.8) is 0 Å². The van der Waals surface area contributed by atoms with Gasteiger partial charge in [0.05, 0.1) is 12.8 Å². The number of aryl methyl sites for hydroxylation is 1. The van der Waals surface area contributed by atoms with Crippen molar-refractivity contribution < 1.29 is 9.13 Å². The molecule has 0 unspecified atom stereocenters. The molecule has 0 aliphatic rings. The molecule has 0 aliphatic heterocycles. The number of halogens is 1. The van der Waals surface area contributed by atoms with Gasteiger partial charge in [-0.15, -0.1) is 0 Å². The predicted octanol–water partition coefficient (Wildman–Crippen LogP) is 3.66. The van der Waals surface area contributed by atoms with Gasteiger partial charge in [0, 0.05) is 17.3 Å². The number of benzene rings is 1. The van der Waals surface area contributed by atoms with Gasteiger partial charge in [-0.2, -0.15) is 4.98 Å². The third-order valence-corrected chi connectivity index (χ3v) is 3.18. The monoisotopic (exact) mass is 295 g/mol. The van der Waals surface area contributed by atoms with Gasteiger partial charge in [-0.05, 0) is 31.2 Å². The minimum absolute atomic E-state index is 0.341. The molecule has 0 amide bonds. The van der Waals surface area contributed by atoms with Crippen LogP contribution in [0.3, 0.4) is 0 Å². The first-order chi connectivity index (χ1) is 10.7. The molecule has 0 bridgehead atoms. The maximum atomic E-state index is 14.0. The topological polar surface area (TPSA) is 47.9 Å². The molecule has 22 heavy (non-hydrogen) atoms. The van der Waals surface area contributed by atoms with Gasteiger partial charge in [0.2, 0.25) is 5.88 Å². The van der Waals surface area contributed by atoms with Gasteiger partial charge in [0.15, 0.2) is 5.82 Å². The zero-order chi connectivity index (χ0) is 15.5. The highest BCUT2D eigenvalue weighted by atomic mass is 19.1. The molecule has 0 fully saturated rings. The maximum Gasteiger partial charge on any atom is 0.217 e. The average molecular weight is 295 g/mol. The van der Waals surface area contributed by atoms with Gasteiger partial charge < -0.3 is 4.74 Å². The van der Waals surface area contributed by atoms with E-state index in [9.17, 15) is 4.39 Å². The number of methoxy groups -OCH3 is 1. The van der Waals surface area contributed by atoms with Crippen LogP contribution >= 0.6 is 0 Å². The summed E-state index contributed by atoms with van der Waals surface area (Å²) in [6, 6.07) is 13.7. The first-order valence-corrected chi connectivity index (χ1v) is 6.79. The van der Waals surface area contributed by atoms with Crippen LogP contribution in [0.1, 0.15) is 5.69 Å². The molecule has 110 valence electrons. The SMILES string of the molecule is COc1cc(-c2ccccc2F)nc(-c2cccc(C)n2)n1. The second kappa shape index (κ2) is 5.89. The van der Waals surface area contributed by atoms with Crippen LogP contribution in [0.5, 0.6) is 5.88 Å². The number of nitrogens with zero attached hydrogens (tertiary/aromatic N) is 3. The number of hydrogen-bond donors (Lipinski definition) is 0. The van der Waals surface area contributed by atoms with E-state index in [0.717, 1.165) is 5.69 Å². The Morgan fingerprint density at radius 3 is 2.45 bits per heavy atom. The molecule has 1 aromatic carbocycles. The predicted molar refractivity (Wildman–Crippen MR) is 81.9 cm³/mol. The molecular formula is C17H14FN3O. The van der Waals surface area contributed by atoms with Crippen LogP contribution in [0, 0.1) is 12.7 Å². The zero-order valence-corrected chi connectivity index (χ0v) is 12.2. The second-order valence-corrected chi connectivity index (χ2v) is 4.76. The largest absolute Gasteiger partial charge is 0.481 e. The van der Waals surface area contributed by atoms with E-state index in [-0.39, 0.29) is 5.82 Å². The number of rotatable bonds is 3. The second-order valence-electron chi connectivity index (χ2n) is 4.76. The molecule has 0 saturated heterocycles. The quantitative estimate of drug-likeness (QED) is 0.740. The smallest absolute Gasteiger partial charge is 0.217 e. The maximum absolute atomic E-state index is 14.0. The third-order valence-electron chi connectivity index (χ3n) is 3.18. The van der Waals surface area contributed by atoms with E-state index in [1.165, 1.54) is 13.2 Å². The Labute approximate surface area is 127 Å². The Bertz CT molecular complexity index is 821. The van der Waals surface area contributed by atoms with Crippen molar-refractivity contribution in [2.24, 2.45) is 0 Å². The van der Waals surface area contributed by atoms with Gasteiger partial charge in [0.1, 0.15) is 11.5 Å². The van der Waals surface area contributed by atoms with E-state index in [0.29, 0.717) is 28.7 Å². The summed E-state index contributed by atoms with van der Waals surface area (Å²) in [5.41, 5.74) is 2.34. The van der Waals surface area contributed by atoms with Crippen LogP contribution in [-0.2, 0) is 0 Å². The van der Waals surface area contributed by atoms with Crippen molar-refractivity contribution in [3.05, 3.63) is 60.0 Å². The zero-order valence-electron chi connectivity index (χ0n) is 12.2. The van der Waals surface area contributed by atoms with E-state index >= 15 is 0 Å². The standard InChI is InChI=1S/C17H14FN3O/c1-11-6-5-9-14(19-11)17-20-15(10-16(21-17)22-2)12-7-3-4-8-13(12)18/h3-10H,1-2H3. The highest BCUT2D eigenvalue weighted by Crippen LogP contribution is 2.26. The van der Waals surface area contributed by atoms with Gasteiger partial charge in [0.25, 0.3) is 0 Å². The minimum atomic E-state index is -0.341. The highest BCUT2D eigenvalue weighted by Gasteiger charge is 2.12. The first-order valence-electron chi connectivity index (χ1n) is 6.79. The van der Waals surface area contributed by atoms with Crippen LogP contribution in [0.25, 0.3) is 22.8 Å². The van der Waals surface area contributed by atoms with Crippen molar-refractivity contribution in [3.8, 4) is 28.7 Å². The molecule has 5 heteroatoms. The molecule has 0 aliphatic carbocycles. The number of ether oxygens (including phenoxy) is 1. The summed E-state index contributed by atoms with van der Waals surface area (Å²) in [7, 11) is 1.51. The Balaban J connectivity index is 2.17. The van der Waals surface area contributed by atoms with Gasteiger partial charge >= 0.3 is 0 Å². The molecular weight excluding hydrogens is 281 g/mol. The van der Waals surface area contributed by atoms with Gasteiger partial charge in [-0.1, -0.05) is 18.2 Å². The summed E-state index contributed by atoms with van der Waals surface area (Å²) in [5.74, 6) is 0.430. The molecule has 3 rings (SSSR count). The molecule has 2 aromatic heterocycles. The van der Waals surface area contributed by atoms with Gasteiger partial charge in [-0.3, -0.25) is 0 Å². The van der Waals surface area contributed by atoms with Crippen LogP contribution < -0.4 is 4.74 Å². The lowest BCUT2D eigenvalue weighted by Crippen LogP contribution is -1.99. The third kappa shape index (κ3) is 2.79. The molecule has 0 saturated carbocycles. The molecule has 0 atom stereocenters. The number of aromatic nitrogens is 3. The summed E-state index contributed by atoms with van der Waals surface area (Å²) >= 11 is 0. The van der Waals surface area contributed by atoms with Crippen molar-refractivity contribution in [1.82, 2.24) is 15.0 Å². The Kier molecular flexibility index (Phi) is 3.78. The van der Waals surface area contributed by atoms with Crippen LogP contribution in [0.2, 0.25) is 0 Å². The lowest BCUT2D eigenvalue weighted by Gasteiger charge is -2.08. The van der Waals surface area contributed by atoms with Crippen LogP contribution in [0.4, 0.5) is 4.39 Å². The molecule has 0 spiro atoms. The fourth-order valence-corrected chi connectivity index (χ4v) is 2.12. The highest BCUT2D eigenvalue weighted by molar-refractivity contribution is 5.64. The van der Waals surface area contributed by atoms with E-state index in [2.05, 4.69) is 15.0 Å². The van der Waals surface area contributed by atoms with Gasteiger partial charge in [-0.25, -0.2) is 14.4 Å². The Morgan fingerprint density at radius 2 is 1.73 bits per heavy atom. The number of hydrogen-bond acceptors (Lipinski definition) is 4. The van der Waals surface area contributed by atoms with Crippen molar-refractivity contribution in [2.75, 3.05) is 7.11 Å². The fraction of sp³-hybridized carbons (Fsp3) is 0.118. The molecule has 0 N–H and O–H groups in total. The van der Waals surface area contributed by atoms with E-state index in [1.54, 1.807) is 24.3 Å². The van der Waals surface area contributed by atoms with Crippen LogP contribution in [0.15, 0.2) is 48.5 Å². The van der Waals surface area contributed by atoms with Crippen molar-refractivity contribution in [1.29, 1.82) is 0 Å². The van der Waals surface area contributed by atoms with E-state index < -0.39 is 0 Å². The normalized spacial score (nSPS) is 10.5.